The number of hydrogen-bond donors (Lipinski definition) is 0. The second-order valence-corrected chi connectivity index (χ2v) is 5.56. The van der Waals surface area contributed by atoms with Gasteiger partial charge in [0.2, 0.25) is 0 Å². The van der Waals surface area contributed by atoms with Gasteiger partial charge < -0.3 is 4.74 Å². The second-order valence-electron chi connectivity index (χ2n) is 4.45. The number of aryl methyl sites for hydroxylation is 1. The molecule has 0 aliphatic heterocycles. The van der Waals surface area contributed by atoms with Crippen molar-refractivity contribution in [3.05, 3.63) is 41.4 Å². The fraction of sp³-hybridized carbons (Fsp3) is 0.250. The highest BCUT2D eigenvalue weighted by atomic mass is 32.1. The van der Waals surface area contributed by atoms with Gasteiger partial charge in [0.05, 0.1) is 12.2 Å². The Kier molecular flexibility index (Phi) is 3.65. The molecule has 0 saturated heterocycles. The van der Waals surface area contributed by atoms with Gasteiger partial charge in [-0.25, -0.2) is 9.97 Å². The van der Waals surface area contributed by atoms with E-state index in [1.165, 1.54) is 4.88 Å². The maximum absolute atomic E-state index is 5.65. The van der Waals surface area contributed by atoms with Crippen LogP contribution in [-0.2, 0) is 6.42 Å². The van der Waals surface area contributed by atoms with Crippen molar-refractivity contribution in [3.8, 4) is 17.1 Å². The summed E-state index contributed by atoms with van der Waals surface area (Å²) in [6.07, 6.45) is 2.93. The van der Waals surface area contributed by atoms with Crippen molar-refractivity contribution in [3.63, 3.8) is 0 Å². The lowest BCUT2D eigenvalue weighted by Crippen LogP contribution is -1.96. The van der Waals surface area contributed by atoms with E-state index in [1.54, 1.807) is 11.3 Å². The van der Waals surface area contributed by atoms with Crippen molar-refractivity contribution < 1.29 is 4.74 Å². The molecule has 0 aliphatic carbocycles. The summed E-state index contributed by atoms with van der Waals surface area (Å²) in [6.45, 7) is 4.77. The van der Waals surface area contributed by atoms with Crippen LogP contribution >= 0.6 is 11.3 Å². The minimum atomic E-state index is 0.637. The number of ether oxygens (including phenoxy) is 1. The van der Waals surface area contributed by atoms with Gasteiger partial charge >= 0.3 is 0 Å². The smallest absolute Gasteiger partial charge is 0.164 e. The van der Waals surface area contributed by atoms with Crippen molar-refractivity contribution >= 4 is 21.6 Å². The Morgan fingerprint density at radius 3 is 2.85 bits per heavy atom. The molecule has 4 heteroatoms. The molecule has 0 bridgehead atoms. The molecule has 0 unspecified atom stereocenters. The van der Waals surface area contributed by atoms with Crippen LogP contribution in [0, 0.1) is 0 Å². The van der Waals surface area contributed by atoms with E-state index in [-0.39, 0.29) is 0 Å². The fourth-order valence-corrected chi connectivity index (χ4v) is 3.06. The van der Waals surface area contributed by atoms with Crippen LogP contribution in [0.1, 0.15) is 18.7 Å². The van der Waals surface area contributed by atoms with Crippen LogP contribution in [0.4, 0.5) is 0 Å². The Balaban J connectivity index is 2.09. The zero-order valence-electron chi connectivity index (χ0n) is 11.6. The standard InChI is InChI=1S/C16H16N2OS/c1-3-12-9-11-10-17-15(18-16(11)20-12)13-7-5-6-8-14(13)19-4-2/h5-10H,3-4H2,1-2H3. The van der Waals surface area contributed by atoms with Gasteiger partial charge in [0.25, 0.3) is 0 Å². The highest BCUT2D eigenvalue weighted by Crippen LogP contribution is 2.30. The van der Waals surface area contributed by atoms with Gasteiger partial charge in [0, 0.05) is 16.5 Å². The van der Waals surface area contributed by atoms with Crippen LogP contribution in [-0.4, -0.2) is 16.6 Å². The van der Waals surface area contributed by atoms with Crippen molar-refractivity contribution in [2.45, 2.75) is 20.3 Å². The van der Waals surface area contributed by atoms with E-state index >= 15 is 0 Å². The average molecular weight is 284 g/mol. The largest absolute Gasteiger partial charge is 0.493 e. The summed E-state index contributed by atoms with van der Waals surface area (Å²) >= 11 is 1.73. The van der Waals surface area contributed by atoms with E-state index in [9.17, 15) is 0 Å². The number of fused-ring (bicyclic) bond motifs is 1. The quantitative estimate of drug-likeness (QED) is 0.715. The van der Waals surface area contributed by atoms with E-state index in [2.05, 4.69) is 23.0 Å². The van der Waals surface area contributed by atoms with Gasteiger partial charge in [-0.05, 0) is 31.5 Å². The lowest BCUT2D eigenvalue weighted by Gasteiger charge is -2.08. The predicted molar refractivity (Wildman–Crippen MR) is 83.4 cm³/mol. The molecular formula is C16H16N2OS. The van der Waals surface area contributed by atoms with Gasteiger partial charge in [0.15, 0.2) is 5.82 Å². The van der Waals surface area contributed by atoms with Crippen molar-refractivity contribution in [2.24, 2.45) is 0 Å². The molecule has 2 heterocycles. The summed E-state index contributed by atoms with van der Waals surface area (Å²) in [4.78, 5) is 11.5. The van der Waals surface area contributed by atoms with Crippen molar-refractivity contribution in [2.75, 3.05) is 6.61 Å². The number of hydrogen-bond acceptors (Lipinski definition) is 4. The first-order valence-electron chi connectivity index (χ1n) is 6.79. The molecule has 102 valence electrons. The van der Waals surface area contributed by atoms with Crippen molar-refractivity contribution in [1.82, 2.24) is 9.97 Å². The van der Waals surface area contributed by atoms with E-state index in [0.29, 0.717) is 6.61 Å². The molecule has 0 saturated carbocycles. The monoisotopic (exact) mass is 284 g/mol. The molecule has 0 fully saturated rings. The number of para-hydroxylation sites is 1. The molecular weight excluding hydrogens is 268 g/mol. The zero-order chi connectivity index (χ0) is 13.9. The number of rotatable bonds is 4. The molecule has 20 heavy (non-hydrogen) atoms. The van der Waals surface area contributed by atoms with Gasteiger partial charge in [-0.2, -0.15) is 0 Å². The summed E-state index contributed by atoms with van der Waals surface area (Å²) in [6, 6.07) is 10.1. The lowest BCUT2D eigenvalue weighted by atomic mass is 10.2. The summed E-state index contributed by atoms with van der Waals surface area (Å²) in [5.74, 6) is 1.56. The van der Waals surface area contributed by atoms with Gasteiger partial charge in [-0.1, -0.05) is 19.1 Å². The van der Waals surface area contributed by atoms with Gasteiger partial charge in [-0.3, -0.25) is 0 Å². The van der Waals surface area contributed by atoms with Crippen LogP contribution in [0.5, 0.6) is 5.75 Å². The first-order chi connectivity index (χ1) is 9.81. The molecule has 3 rings (SSSR count). The Morgan fingerprint density at radius 2 is 2.05 bits per heavy atom. The van der Waals surface area contributed by atoms with Crippen LogP contribution in [0.25, 0.3) is 21.6 Å². The van der Waals surface area contributed by atoms with Crippen LogP contribution in [0.2, 0.25) is 0 Å². The Morgan fingerprint density at radius 1 is 1.20 bits per heavy atom. The van der Waals surface area contributed by atoms with E-state index in [4.69, 9.17) is 4.74 Å². The fourth-order valence-electron chi connectivity index (χ4n) is 2.12. The van der Waals surface area contributed by atoms with Gasteiger partial charge in [0.1, 0.15) is 10.6 Å². The molecule has 0 spiro atoms. The number of thiophene rings is 1. The van der Waals surface area contributed by atoms with E-state index in [0.717, 1.165) is 33.8 Å². The van der Waals surface area contributed by atoms with Crippen LogP contribution < -0.4 is 4.74 Å². The molecule has 0 N–H and O–H groups in total. The molecule has 0 radical (unpaired) electrons. The van der Waals surface area contributed by atoms with Crippen LogP contribution in [0.3, 0.4) is 0 Å². The highest BCUT2D eigenvalue weighted by molar-refractivity contribution is 7.18. The van der Waals surface area contributed by atoms with Crippen LogP contribution in [0.15, 0.2) is 36.5 Å². The van der Waals surface area contributed by atoms with Crippen molar-refractivity contribution in [1.29, 1.82) is 0 Å². The number of aromatic nitrogens is 2. The third-order valence-corrected chi connectivity index (χ3v) is 4.29. The van der Waals surface area contributed by atoms with E-state index < -0.39 is 0 Å². The Bertz CT molecular complexity index is 736. The molecule has 0 atom stereocenters. The topological polar surface area (TPSA) is 35.0 Å². The third-order valence-electron chi connectivity index (χ3n) is 3.10. The normalized spacial score (nSPS) is 10.9. The third kappa shape index (κ3) is 2.39. The summed E-state index contributed by atoms with van der Waals surface area (Å²) in [5.41, 5.74) is 0.947. The molecule has 3 nitrogen and oxygen atoms in total. The summed E-state index contributed by atoms with van der Waals surface area (Å²) in [7, 11) is 0. The first-order valence-corrected chi connectivity index (χ1v) is 7.61. The maximum Gasteiger partial charge on any atom is 0.164 e. The molecule has 0 amide bonds. The minimum absolute atomic E-state index is 0.637. The lowest BCUT2D eigenvalue weighted by molar-refractivity contribution is 0.341. The molecule has 1 aromatic carbocycles. The Labute approximate surface area is 122 Å². The molecule has 2 aromatic heterocycles. The Hall–Kier alpha value is -1.94. The summed E-state index contributed by atoms with van der Waals surface area (Å²) < 4.78 is 5.65. The molecule has 0 aliphatic rings. The highest BCUT2D eigenvalue weighted by Gasteiger charge is 2.10. The number of benzene rings is 1. The SMILES string of the molecule is CCOc1ccccc1-c1ncc2cc(CC)sc2n1. The minimum Gasteiger partial charge on any atom is -0.493 e. The second kappa shape index (κ2) is 5.59. The zero-order valence-corrected chi connectivity index (χ0v) is 12.4. The predicted octanol–water partition coefficient (Wildman–Crippen LogP) is 4.32. The summed E-state index contributed by atoms with van der Waals surface area (Å²) in [5, 5.41) is 1.12. The number of nitrogens with zero attached hydrogens (tertiary/aromatic N) is 2. The molecule has 3 aromatic rings. The average Bonchev–Trinajstić information content (AvgIpc) is 2.90. The van der Waals surface area contributed by atoms with E-state index in [1.807, 2.05) is 37.4 Å². The van der Waals surface area contributed by atoms with Gasteiger partial charge in [-0.15, -0.1) is 11.3 Å². The maximum atomic E-state index is 5.65. The first kappa shape index (κ1) is 13.1.